The minimum absolute atomic E-state index is 0.162. The highest BCUT2D eigenvalue weighted by atomic mass is 16.6. The van der Waals surface area contributed by atoms with E-state index < -0.39 is 34.7 Å². The van der Waals surface area contributed by atoms with E-state index in [0.717, 1.165) is 6.08 Å². The van der Waals surface area contributed by atoms with Crippen LogP contribution in [-0.2, 0) is 23.9 Å². The van der Waals surface area contributed by atoms with Crippen molar-refractivity contribution in [2.24, 2.45) is 5.92 Å². The Kier molecular flexibility index (Phi) is 4.39. The molecule has 3 atom stereocenters. The lowest BCUT2D eigenvalue weighted by molar-refractivity contribution is -0.180. The molecule has 0 aromatic carbocycles. The molecule has 112 valence electrons. The van der Waals surface area contributed by atoms with Crippen LogP contribution in [0, 0.1) is 5.92 Å². The van der Waals surface area contributed by atoms with Crippen LogP contribution in [0.4, 0.5) is 0 Å². The smallest absolute Gasteiger partial charge is 0.310 e. The maximum Gasteiger partial charge on any atom is 0.310 e. The molecule has 3 unspecified atom stereocenters. The molecule has 0 saturated heterocycles. The summed E-state index contributed by atoms with van der Waals surface area (Å²) in [7, 11) is 1.24. The zero-order chi connectivity index (χ0) is 15.7. The van der Waals surface area contributed by atoms with Crippen molar-refractivity contribution in [3.63, 3.8) is 0 Å². The molecule has 1 aliphatic rings. The molecular formula is C14H20O6. The van der Waals surface area contributed by atoms with E-state index in [1.54, 1.807) is 13.8 Å². The number of ketones is 2. The van der Waals surface area contributed by atoms with Crippen molar-refractivity contribution in [1.82, 2.24) is 0 Å². The van der Waals surface area contributed by atoms with Crippen molar-refractivity contribution in [2.75, 3.05) is 7.11 Å². The topological polar surface area (TPSA) is 89.9 Å². The first kappa shape index (κ1) is 16.4. The van der Waals surface area contributed by atoms with Gasteiger partial charge in [0.2, 0.25) is 17.2 Å². The minimum Gasteiger partial charge on any atom is -0.497 e. The van der Waals surface area contributed by atoms with E-state index in [2.05, 4.69) is 0 Å². The van der Waals surface area contributed by atoms with Crippen LogP contribution >= 0.6 is 0 Å². The van der Waals surface area contributed by atoms with Gasteiger partial charge in [-0.05, 0) is 20.3 Å². The Morgan fingerprint density at radius 2 is 1.95 bits per heavy atom. The predicted octanol–water partition coefficient (Wildman–Crippen LogP) is 0.767. The summed E-state index contributed by atoms with van der Waals surface area (Å²) in [6, 6.07) is 0. The highest BCUT2D eigenvalue weighted by molar-refractivity contribution is 6.21. The summed E-state index contributed by atoms with van der Waals surface area (Å²) < 4.78 is 9.93. The first-order chi connectivity index (χ1) is 9.11. The second-order valence-corrected chi connectivity index (χ2v) is 5.24. The molecule has 0 radical (unpaired) electrons. The summed E-state index contributed by atoms with van der Waals surface area (Å²) >= 11 is 0. The number of carbonyl (C=O) groups excluding carboxylic acids is 3. The Morgan fingerprint density at radius 3 is 2.40 bits per heavy atom. The van der Waals surface area contributed by atoms with Crippen LogP contribution in [0.3, 0.4) is 0 Å². The third-order valence-electron chi connectivity index (χ3n) is 3.63. The van der Waals surface area contributed by atoms with Crippen molar-refractivity contribution in [3.8, 4) is 0 Å². The van der Waals surface area contributed by atoms with Gasteiger partial charge in [0.1, 0.15) is 5.76 Å². The molecule has 0 spiro atoms. The summed E-state index contributed by atoms with van der Waals surface area (Å²) in [4.78, 5) is 36.2. The fourth-order valence-electron chi connectivity index (χ4n) is 1.91. The van der Waals surface area contributed by atoms with Gasteiger partial charge in [-0.25, -0.2) is 0 Å². The molecule has 0 aromatic heterocycles. The van der Waals surface area contributed by atoms with E-state index in [-0.39, 0.29) is 5.76 Å². The summed E-state index contributed by atoms with van der Waals surface area (Å²) in [5.41, 5.74) is -4.03. The van der Waals surface area contributed by atoms with Crippen molar-refractivity contribution in [3.05, 3.63) is 11.8 Å². The number of ether oxygens (including phenoxy) is 2. The summed E-state index contributed by atoms with van der Waals surface area (Å²) in [6.45, 7) is 5.82. The SMILES string of the molecule is CCC(C)C(=O)OC1(C)C(=O)C=C(OC)C(C)(O)C1=O. The molecule has 0 aliphatic heterocycles. The number of hydrogen-bond acceptors (Lipinski definition) is 6. The standard InChI is InChI=1S/C14H20O6/c1-6-8(2)11(16)20-14(4)9(15)7-10(19-5)13(3,18)12(14)17/h7-8,18H,6H2,1-5H3. The molecule has 1 N–H and O–H groups in total. The van der Waals surface area contributed by atoms with Crippen molar-refractivity contribution in [2.45, 2.75) is 45.3 Å². The van der Waals surface area contributed by atoms with Gasteiger partial charge in [0.15, 0.2) is 5.60 Å². The number of methoxy groups -OCH3 is 1. The third-order valence-corrected chi connectivity index (χ3v) is 3.63. The average Bonchev–Trinajstić information content (AvgIpc) is 2.40. The monoisotopic (exact) mass is 284 g/mol. The summed E-state index contributed by atoms with van der Waals surface area (Å²) in [6.07, 6.45) is 1.51. The molecule has 0 heterocycles. The molecule has 0 saturated carbocycles. The molecule has 20 heavy (non-hydrogen) atoms. The molecule has 6 heteroatoms. The van der Waals surface area contributed by atoms with Crippen LogP contribution in [0.25, 0.3) is 0 Å². The molecule has 0 bridgehead atoms. The molecule has 6 nitrogen and oxygen atoms in total. The molecule has 1 aliphatic carbocycles. The molecular weight excluding hydrogens is 264 g/mol. The Morgan fingerprint density at radius 1 is 1.40 bits per heavy atom. The second-order valence-electron chi connectivity index (χ2n) is 5.24. The van der Waals surface area contributed by atoms with Gasteiger partial charge in [-0.3, -0.25) is 14.4 Å². The maximum atomic E-state index is 12.3. The van der Waals surface area contributed by atoms with Gasteiger partial charge in [-0.15, -0.1) is 0 Å². The van der Waals surface area contributed by atoms with Gasteiger partial charge >= 0.3 is 5.97 Å². The van der Waals surface area contributed by atoms with E-state index in [9.17, 15) is 19.5 Å². The average molecular weight is 284 g/mol. The van der Waals surface area contributed by atoms with E-state index in [0.29, 0.717) is 6.42 Å². The lowest BCUT2D eigenvalue weighted by Gasteiger charge is -2.37. The molecule has 0 amide bonds. The van der Waals surface area contributed by atoms with E-state index in [1.807, 2.05) is 0 Å². The van der Waals surface area contributed by atoms with Gasteiger partial charge in [-0.1, -0.05) is 13.8 Å². The normalized spacial score (nSPS) is 31.6. The largest absolute Gasteiger partial charge is 0.497 e. The summed E-state index contributed by atoms with van der Waals surface area (Å²) in [5.74, 6) is -2.88. The van der Waals surface area contributed by atoms with Crippen molar-refractivity contribution in [1.29, 1.82) is 0 Å². The van der Waals surface area contributed by atoms with Gasteiger partial charge < -0.3 is 14.6 Å². The van der Waals surface area contributed by atoms with E-state index in [4.69, 9.17) is 9.47 Å². The van der Waals surface area contributed by atoms with Crippen LogP contribution in [0.2, 0.25) is 0 Å². The van der Waals surface area contributed by atoms with Gasteiger partial charge in [0.05, 0.1) is 13.0 Å². The van der Waals surface area contributed by atoms with Crippen molar-refractivity contribution < 1.29 is 29.0 Å². The number of rotatable bonds is 4. The van der Waals surface area contributed by atoms with Crippen LogP contribution in [-0.4, -0.2) is 41.0 Å². The zero-order valence-electron chi connectivity index (χ0n) is 12.4. The lowest BCUT2D eigenvalue weighted by Crippen LogP contribution is -2.60. The number of carbonyl (C=O) groups is 3. The van der Waals surface area contributed by atoms with Crippen LogP contribution in [0.1, 0.15) is 34.1 Å². The van der Waals surface area contributed by atoms with Gasteiger partial charge in [0, 0.05) is 6.08 Å². The number of Topliss-reactive ketones (excluding diaryl/α,β-unsaturated/α-hetero) is 1. The molecule has 0 fully saturated rings. The van der Waals surface area contributed by atoms with Gasteiger partial charge in [-0.2, -0.15) is 0 Å². The lowest BCUT2D eigenvalue weighted by atomic mass is 9.78. The van der Waals surface area contributed by atoms with Crippen LogP contribution in [0.5, 0.6) is 0 Å². The first-order valence-electron chi connectivity index (χ1n) is 6.42. The molecule has 1 rings (SSSR count). The molecule has 0 aromatic rings. The maximum absolute atomic E-state index is 12.3. The number of hydrogen-bond donors (Lipinski definition) is 1. The fourth-order valence-corrected chi connectivity index (χ4v) is 1.91. The van der Waals surface area contributed by atoms with Crippen LogP contribution in [0.15, 0.2) is 11.8 Å². The third kappa shape index (κ3) is 2.47. The first-order valence-corrected chi connectivity index (χ1v) is 6.42. The minimum atomic E-state index is -2.02. The Bertz CT molecular complexity index is 476. The highest BCUT2D eigenvalue weighted by Gasteiger charge is 2.57. The number of esters is 1. The van der Waals surface area contributed by atoms with Gasteiger partial charge in [0.25, 0.3) is 0 Å². The van der Waals surface area contributed by atoms with Crippen LogP contribution < -0.4 is 0 Å². The Hall–Kier alpha value is -1.69. The highest BCUT2D eigenvalue weighted by Crippen LogP contribution is 2.33. The number of aliphatic hydroxyl groups is 1. The second kappa shape index (κ2) is 5.36. The van der Waals surface area contributed by atoms with Crippen molar-refractivity contribution >= 4 is 17.5 Å². The summed E-state index contributed by atoms with van der Waals surface area (Å²) in [5, 5.41) is 10.2. The quantitative estimate of drug-likeness (QED) is 0.605. The Balaban J connectivity index is 3.18. The Labute approximate surface area is 117 Å². The zero-order valence-corrected chi connectivity index (χ0v) is 12.4. The van der Waals surface area contributed by atoms with E-state index >= 15 is 0 Å². The predicted molar refractivity (Wildman–Crippen MR) is 69.7 cm³/mol. The van der Waals surface area contributed by atoms with E-state index in [1.165, 1.54) is 21.0 Å². The fraction of sp³-hybridized carbons (Fsp3) is 0.643.